The molecule has 4 bridgehead atoms. The molecular weight excluding hydrogens is 480 g/mol. The van der Waals surface area contributed by atoms with E-state index >= 15 is 0 Å². The fourth-order valence-electron chi connectivity index (χ4n) is 7.20. The maximum atomic E-state index is 12.9. The quantitative estimate of drug-likeness (QED) is 0.291. The summed E-state index contributed by atoms with van der Waals surface area (Å²) in [5, 5.41) is 3.46. The molecule has 0 unspecified atom stereocenters. The van der Waals surface area contributed by atoms with Gasteiger partial charge < -0.3 is 14.8 Å². The number of thiocarbonyl (C=S) groups is 1. The Hall–Kier alpha value is -2.06. The molecule has 1 aromatic rings. The van der Waals surface area contributed by atoms with Crippen LogP contribution in [0.2, 0.25) is 0 Å². The van der Waals surface area contributed by atoms with Crippen molar-refractivity contribution < 1.29 is 19.1 Å². The lowest BCUT2D eigenvalue weighted by Crippen LogP contribution is -2.59. The first-order chi connectivity index (χ1) is 17.0. The van der Waals surface area contributed by atoms with Gasteiger partial charge in [0.25, 0.3) is 5.91 Å². The minimum absolute atomic E-state index is 0.0442. The molecule has 0 radical (unpaired) electrons. The van der Waals surface area contributed by atoms with Crippen LogP contribution >= 0.6 is 24.0 Å². The van der Waals surface area contributed by atoms with Crippen molar-refractivity contribution in [3.8, 4) is 11.5 Å². The van der Waals surface area contributed by atoms with Crippen molar-refractivity contribution in [1.29, 1.82) is 0 Å². The van der Waals surface area contributed by atoms with E-state index in [-0.39, 0.29) is 24.1 Å². The van der Waals surface area contributed by atoms with E-state index in [0.29, 0.717) is 27.9 Å². The van der Waals surface area contributed by atoms with Crippen LogP contribution in [0.4, 0.5) is 0 Å². The number of fused-ring (bicyclic) bond motifs is 1. The molecule has 6 aliphatic rings. The van der Waals surface area contributed by atoms with E-state index in [2.05, 4.69) is 5.32 Å². The molecule has 0 spiro atoms. The molecule has 35 heavy (non-hydrogen) atoms. The molecule has 7 rings (SSSR count). The van der Waals surface area contributed by atoms with Crippen molar-refractivity contribution in [2.75, 3.05) is 13.3 Å². The number of nitrogens with zero attached hydrogens (tertiary/aromatic N) is 1. The average Bonchev–Trinajstić information content (AvgIpc) is 3.36. The Morgan fingerprint density at radius 3 is 2.54 bits per heavy atom. The first-order valence-electron chi connectivity index (χ1n) is 12.9. The van der Waals surface area contributed by atoms with Crippen molar-refractivity contribution in [1.82, 2.24) is 10.2 Å². The van der Waals surface area contributed by atoms with Crippen LogP contribution in [0.5, 0.6) is 11.5 Å². The number of carbonyl (C=O) groups excluding carboxylic acids is 2. The normalized spacial score (nSPS) is 31.6. The Labute approximate surface area is 216 Å². The van der Waals surface area contributed by atoms with Crippen LogP contribution in [0.3, 0.4) is 0 Å². The number of unbranched alkanes of at least 4 members (excludes halogenated alkanes) is 2. The summed E-state index contributed by atoms with van der Waals surface area (Å²) in [6.07, 6.45) is 12.8. The lowest BCUT2D eigenvalue weighted by Gasteiger charge is -2.56. The number of ether oxygens (including phenoxy) is 2. The zero-order chi connectivity index (χ0) is 24.0. The summed E-state index contributed by atoms with van der Waals surface area (Å²) in [4.78, 5) is 27.9. The Balaban J connectivity index is 0.950. The lowest BCUT2D eigenvalue weighted by atomic mass is 9.53. The second kappa shape index (κ2) is 9.43. The number of thioether (sulfide) groups is 1. The van der Waals surface area contributed by atoms with Gasteiger partial charge in [-0.1, -0.05) is 36.5 Å². The third-order valence-corrected chi connectivity index (χ3v) is 9.67. The van der Waals surface area contributed by atoms with Gasteiger partial charge in [-0.2, -0.15) is 0 Å². The molecule has 2 amide bonds. The van der Waals surface area contributed by atoms with E-state index < -0.39 is 0 Å². The highest BCUT2D eigenvalue weighted by molar-refractivity contribution is 8.26. The highest BCUT2D eigenvalue weighted by Crippen LogP contribution is 2.55. The largest absolute Gasteiger partial charge is 0.454 e. The highest BCUT2D eigenvalue weighted by atomic mass is 32.2. The van der Waals surface area contributed by atoms with E-state index in [4.69, 9.17) is 21.7 Å². The Bertz CT molecular complexity index is 1050. The summed E-state index contributed by atoms with van der Waals surface area (Å²) >= 11 is 6.81. The molecule has 8 heteroatoms. The lowest BCUT2D eigenvalue weighted by molar-refractivity contribution is -0.127. The van der Waals surface area contributed by atoms with Gasteiger partial charge in [0.2, 0.25) is 12.7 Å². The van der Waals surface area contributed by atoms with Gasteiger partial charge in [0, 0.05) is 18.5 Å². The molecule has 5 fully saturated rings. The fraction of sp³-hybridized carbons (Fsp3) is 0.593. The fourth-order valence-corrected chi connectivity index (χ4v) is 8.51. The van der Waals surface area contributed by atoms with Crippen molar-refractivity contribution in [2.45, 2.75) is 69.7 Å². The summed E-state index contributed by atoms with van der Waals surface area (Å²) in [6, 6.07) is 5.64. The van der Waals surface area contributed by atoms with Gasteiger partial charge >= 0.3 is 0 Å². The molecule has 0 aromatic heterocycles. The number of hydrogen-bond acceptors (Lipinski definition) is 6. The van der Waals surface area contributed by atoms with Crippen LogP contribution in [0.25, 0.3) is 6.08 Å². The van der Waals surface area contributed by atoms with Crippen LogP contribution < -0.4 is 14.8 Å². The molecular formula is C27H32N2O4S2. The zero-order valence-electron chi connectivity index (χ0n) is 19.9. The van der Waals surface area contributed by atoms with Crippen molar-refractivity contribution in [3.05, 3.63) is 28.7 Å². The van der Waals surface area contributed by atoms with Crippen molar-refractivity contribution in [2.24, 2.45) is 17.8 Å². The van der Waals surface area contributed by atoms with Crippen LogP contribution in [0, 0.1) is 17.8 Å². The number of nitrogens with one attached hydrogen (secondary N) is 1. The second-order valence-corrected chi connectivity index (χ2v) is 12.7. The van der Waals surface area contributed by atoms with E-state index in [1.807, 2.05) is 24.3 Å². The van der Waals surface area contributed by atoms with Crippen molar-refractivity contribution in [3.63, 3.8) is 0 Å². The van der Waals surface area contributed by atoms with Crippen LogP contribution in [-0.4, -0.2) is 39.9 Å². The van der Waals surface area contributed by atoms with E-state index in [1.54, 1.807) is 4.90 Å². The summed E-state index contributed by atoms with van der Waals surface area (Å²) in [6.45, 7) is 0.824. The highest BCUT2D eigenvalue weighted by Gasteiger charge is 2.51. The molecule has 1 aromatic carbocycles. The monoisotopic (exact) mass is 512 g/mol. The number of rotatable bonds is 8. The first kappa shape index (κ1) is 23.3. The van der Waals surface area contributed by atoms with Gasteiger partial charge in [0.1, 0.15) is 4.32 Å². The molecule has 1 saturated heterocycles. The summed E-state index contributed by atoms with van der Waals surface area (Å²) < 4.78 is 11.4. The van der Waals surface area contributed by atoms with Gasteiger partial charge in [-0.25, -0.2) is 0 Å². The minimum Gasteiger partial charge on any atom is -0.454 e. The molecule has 0 atom stereocenters. The van der Waals surface area contributed by atoms with Gasteiger partial charge in [0.15, 0.2) is 11.5 Å². The maximum Gasteiger partial charge on any atom is 0.266 e. The van der Waals surface area contributed by atoms with Crippen LogP contribution in [0.15, 0.2) is 23.1 Å². The topological polar surface area (TPSA) is 67.9 Å². The van der Waals surface area contributed by atoms with Gasteiger partial charge in [-0.15, -0.1) is 0 Å². The zero-order valence-corrected chi connectivity index (χ0v) is 21.6. The number of hydrogen-bond donors (Lipinski definition) is 1. The van der Waals surface area contributed by atoms with Gasteiger partial charge in [0.05, 0.1) is 4.91 Å². The minimum atomic E-state index is -0.0442. The Morgan fingerprint density at radius 1 is 1.09 bits per heavy atom. The van der Waals surface area contributed by atoms with E-state index in [9.17, 15) is 9.59 Å². The second-order valence-electron chi connectivity index (χ2n) is 11.0. The predicted octanol–water partition coefficient (Wildman–Crippen LogP) is 5.26. The average molecular weight is 513 g/mol. The number of benzene rings is 1. The number of carbonyl (C=O) groups is 2. The van der Waals surface area contributed by atoms with Crippen LogP contribution in [0.1, 0.15) is 69.8 Å². The molecule has 1 N–H and O–H groups in total. The summed E-state index contributed by atoms with van der Waals surface area (Å²) in [5.41, 5.74) is 0.984. The van der Waals surface area contributed by atoms with E-state index in [0.717, 1.165) is 48.3 Å². The SMILES string of the molecule is O=C(CCCCCN1C(=O)C(=Cc2ccc3c(c2)OCO3)SC1=S)NC12CC3CC(CC(C3)C1)C2. The Morgan fingerprint density at radius 2 is 1.80 bits per heavy atom. The van der Waals surface area contributed by atoms with E-state index in [1.165, 1.54) is 50.3 Å². The predicted molar refractivity (Wildman–Crippen MR) is 140 cm³/mol. The first-order valence-corrected chi connectivity index (χ1v) is 14.1. The van der Waals surface area contributed by atoms with Gasteiger partial charge in [-0.05, 0) is 92.9 Å². The Kier molecular flexibility index (Phi) is 6.29. The smallest absolute Gasteiger partial charge is 0.266 e. The standard InChI is InChI=1S/C27H32N2O4S2/c30-24(28-27-13-18-8-19(14-27)10-20(9-18)15-27)4-2-1-3-7-29-25(31)23(35-26(29)34)12-17-5-6-21-22(11-17)33-16-32-21/h5-6,11-12,18-20H,1-4,7-10,13-16H2,(H,28,30). The molecule has 4 saturated carbocycles. The summed E-state index contributed by atoms with van der Waals surface area (Å²) in [5.74, 6) is 4.10. The van der Waals surface area contributed by atoms with Gasteiger partial charge in [-0.3, -0.25) is 14.5 Å². The van der Waals surface area contributed by atoms with Crippen molar-refractivity contribution >= 4 is 46.2 Å². The number of amides is 2. The molecule has 4 aliphatic carbocycles. The third-order valence-electron chi connectivity index (χ3n) is 8.30. The molecule has 186 valence electrons. The summed E-state index contributed by atoms with van der Waals surface area (Å²) in [7, 11) is 0. The molecule has 6 nitrogen and oxygen atoms in total. The van der Waals surface area contributed by atoms with Crippen LogP contribution in [-0.2, 0) is 9.59 Å². The third kappa shape index (κ3) is 4.84. The molecule has 2 aliphatic heterocycles. The molecule has 2 heterocycles. The maximum absolute atomic E-state index is 12.9.